The molecule has 0 radical (unpaired) electrons. The summed E-state index contributed by atoms with van der Waals surface area (Å²) in [4.78, 5) is 30.8. The van der Waals surface area contributed by atoms with E-state index in [4.69, 9.17) is 4.42 Å². The van der Waals surface area contributed by atoms with Crippen LogP contribution in [-0.4, -0.2) is 33.5 Å². The Morgan fingerprint density at radius 2 is 1.90 bits per heavy atom. The normalized spacial score (nSPS) is 16.5. The molecule has 4 aromatic rings. The van der Waals surface area contributed by atoms with Crippen LogP contribution in [0.5, 0.6) is 0 Å². The number of nitrogens with one attached hydrogen (secondary N) is 1. The van der Waals surface area contributed by atoms with Gasteiger partial charge >= 0.3 is 6.01 Å². The summed E-state index contributed by atoms with van der Waals surface area (Å²) >= 11 is 1.29. The van der Waals surface area contributed by atoms with Crippen molar-refractivity contribution in [2.75, 3.05) is 16.8 Å². The minimum atomic E-state index is -0.408. The van der Waals surface area contributed by atoms with Crippen molar-refractivity contribution in [1.29, 1.82) is 0 Å². The first-order valence-corrected chi connectivity index (χ1v) is 9.85. The molecule has 1 aliphatic heterocycles. The number of fused-ring (bicyclic) bond motifs is 1. The molecule has 3 heterocycles. The van der Waals surface area contributed by atoms with E-state index in [1.54, 1.807) is 4.90 Å². The van der Waals surface area contributed by atoms with Crippen LogP contribution in [0.1, 0.15) is 28.0 Å². The molecular formula is C20H15N5O3S. The molecule has 9 heteroatoms. The summed E-state index contributed by atoms with van der Waals surface area (Å²) in [7, 11) is 0. The zero-order valence-corrected chi connectivity index (χ0v) is 15.9. The van der Waals surface area contributed by atoms with Crippen molar-refractivity contribution in [3.63, 3.8) is 0 Å². The zero-order chi connectivity index (χ0) is 19.8. The molecule has 1 atom stereocenters. The van der Waals surface area contributed by atoms with Crippen LogP contribution in [0.3, 0.4) is 0 Å². The van der Waals surface area contributed by atoms with E-state index in [2.05, 4.69) is 20.5 Å². The third-order valence-corrected chi connectivity index (χ3v) is 5.73. The molecule has 0 aliphatic carbocycles. The molecule has 0 saturated carbocycles. The molecule has 0 unspecified atom stereocenters. The van der Waals surface area contributed by atoms with E-state index in [-0.39, 0.29) is 24.3 Å². The number of amides is 2. The van der Waals surface area contributed by atoms with E-state index >= 15 is 0 Å². The smallest absolute Gasteiger partial charge is 0.322 e. The van der Waals surface area contributed by atoms with E-state index in [1.807, 2.05) is 54.6 Å². The van der Waals surface area contributed by atoms with Crippen molar-refractivity contribution in [3.8, 4) is 0 Å². The van der Waals surface area contributed by atoms with Crippen molar-refractivity contribution in [2.45, 2.75) is 12.3 Å². The molecule has 0 spiro atoms. The highest BCUT2D eigenvalue weighted by atomic mass is 32.1. The maximum atomic E-state index is 12.5. The molecule has 1 fully saturated rings. The fourth-order valence-electron chi connectivity index (χ4n) is 3.30. The van der Waals surface area contributed by atoms with Crippen LogP contribution in [0, 0.1) is 0 Å². The number of carbonyl (C=O) groups is 2. The SMILES string of the molecule is O=C(Nc1nnc([C@@H]2CC(=O)N(c3ccccc3)C2)o1)c1nc2ccccc2s1. The summed E-state index contributed by atoms with van der Waals surface area (Å²) < 4.78 is 6.54. The molecular weight excluding hydrogens is 390 g/mol. The van der Waals surface area contributed by atoms with Crippen LogP contribution in [0.4, 0.5) is 11.7 Å². The largest absolute Gasteiger partial charge is 0.407 e. The summed E-state index contributed by atoms with van der Waals surface area (Å²) in [5.74, 6) is -0.297. The van der Waals surface area contributed by atoms with Gasteiger partial charge in [0, 0.05) is 18.7 Å². The Balaban J connectivity index is 1.29. The quantitative estimate of drug-likeness (QED) is 0.558. The Labute approximate surface area is 169 Å². The number of hydrogen-bond donors (Lipinski definition) is 1. The van der Waals surface area contributed by atoms with Gasteiger partial charge < -0.3 is 9.32 Å². The molecule has 2 amide bonds. The van der Waals surface area contributed by atoms with E-state index in [9.17, 15) is 9.59 Å². The van der Waals surface area contributed by atoms with Crippen LogP contribution in [0.15, 0.2) is 59.0 Å². The zero-order valence-electron chi connectivity index (χ0n) is 15.1. The van der Waals surface area contributed by atoms with Gasteiger partial charge in [-0.25, -0.2) is 4.98 Å². The molecule has 2 aromatic heterocycles. The maximum Gasteiger partial charge on any atom is 0.322 e. The van der Waals surface area contributed by atoms with Gasteiger partial charge in [0.25, 0.3) is 5.91 Å². The van der Waals surface area contributed by atoms with Crippen molar-refractivity contribution in [2.24, 2.45) is 0 Å². The van der Waals surface area contributed by atoms with Gasteiger partial charge in [-0.05, 0) is 24.3 Å². The van der Waals surface area contributed by atoms with Gasteiger partial charge in [-0.15, -0.1) is 16.4 Å². The van der Waals surface area contributed by atoms with Crippen LogP contribution >= 0.6 is 11.3 Å². The average Bonchev–Trinajstić information content (AvgIpc) is 3.46. The number of benzene rings is 2. The van der Waals surface area contributed by atoms with Crippen molar-refractivity contribution < 1.29 is 14.0 Å². The predicted octanol–water partition coefficient (Wildman–Crippen LogP) is 3.45. The Bertz CT molecular complexity index is 1170. The van der Waals surface area contributed by atoms with E-state index in [1.165, 1.54) is 11.3 Å². The number of anilines is 2. The van der Waals surface area contributed by atoms with Crippen LogP contribution in [0.25, 0.3) is 10.2 Å². The molecule has 8 nitrogen and oxygen atoms in total. The lowest BCUT2D eigenvalue weighted by Crippen LogP contribution is -2.24. The van der Waals surface area contributed by atoms with E-state index in [0.29, 0.717) is 17.4 Å². The fraction of sp³-hybridized carbons (Fsp3) is 0.150. The molecule has 0 bridgehead atoms. The maximum absolute atomic E-state index is 12.5. The standard InChI is InChI=1S/C20H15N5O3S/c26-16-10-12(11-25(16)13-6-2-1-3-7-13)18-23-24-20(28-18)22-17(27)19-21-14-8-4-5-9-15(14)29-19/h1-9,12H,10-11H2,(H,22,24,27)/t12-/m1/s1. The highest BCUT2D eigenvalue weighted by Gasteiger charge is 2.35. The number of para-hydroxylation sites is 2. The minimum absolute atomic E-state index is 0.000499. The third-order valence-electron chi connectivity index (χ3n) is 4.69. The van der Waals surface area contributed by atoms with E-state index < -0.39 is 5.91 Å². The van der Waals surface area contributed by atoms with Crippen molar-refractivity contribution in [1.82, 2.24) is 15.2 Å². The van der Waals surface area contributed by atoms with Gasteiger partial charge in [0.1, 0.15) is 0 Å². The summed E-state index contributed by atoms with van der Waals surface area (Å²) in [6.07, 6.45) is 0.280. The minimum Gasteiger partial charge on any atom is -0.407 e. The number of carbonyl (C=O) groups excluding carboxylic acids is 2. The van der Waals surface area contributed by atoms with Crippen LogP contribution in [0.2, 0.25) is 0 Å². The Hall–Kier alpha value is -3.59. The summed E-state index contributed by atoms with van der Waals surface area (Å²) in [6, 6.07) is 17.0. The second-order valence-corrected chi connectivity index (χ2v) is 7.66. The van der Waals surface area contributed by atoms with Crippen molar-refractivity contribution >= 4 is 45.1 Å². The van der Waals surface area contributed by atoms with Gasteiger partial charge in [0.15, 0.2) is 5.01 Å². The summed E-state index contributed by atoms with van der Waals surface area (Å²) in [5, 5.41) is 10.8. The molecule has 5 rings (SSSR count). The van der Waals surface area contributed by atoms with Gasteiger partial charge in [-0.2, -0.15) is 0 Å². The van der Waals surface area contributed by atoms with Gasteiger partial charge in [0.2, 0.25) is 11.8 Å². The average molecular weight is 405 g/mol. The number of hydrogen-bond acceptors (Lipinski definition) is 7. The highest BCUT2D eigenvalue weighted by molar-refractivity contribution is 7.20. The number of thiazole rings is 1. The van der Waals surface area contributed by atoms with Gasteiger partial charge in [-0.1, -0.05) is 35.4 Å². The molecule has 29 heavy (non-hydrogen) atoms. The summed E-state index contributed by atoms with van der Waals surface area (Å²) in [5.41, 5.74) is 1.60. The van der Waals surface area contributed by atoms with Gasteiger partial charge in [0.05, 0.1) is 16.1 Å². The molecule has 1 N–H and O–H groups in total. The topological polar surface area (TPSA) is 101 Å². The Morgan fingerprint density at radius 3 is 2.72 bits per heavy atom. The predicted molar refractivity (Wildman–Crippen MR) is 108 cm³/mol. The molecule has 2 aromatic carbocycles. The second-order valence-electron chi connectivity index (χ2n) is 6.63. The lowest BCUT2D eigenvalue weighted by Gasteiger charge is -2.15. The molecule has 144 valence electrons. The van der Waals surface area contributed by atoms with E-state index in [0.717, 1.165) is 15.9 Å². The van der Waals surface area contributed by atoms with Crippen molar-refractivity contribution in [3.05, 3.63) is 65.5 Å². The second kappa shape index (κ2) is 7.10. The van der Waals surface area contributed by atoms with Crippen LogP contribution in [-0.2, 0) is 4.79 Å². The van der Waals surface area contributed by atoms with Crippen LogP contribution < -0.4 is 10.2 Å². The Morgan fingerprint density at radius 1 is 1.10 bits per heavy atom. The number of nitrogens with zero attached hydrogens (tertiary/aromatic N) is 4. The lowest BCUT2D eigenvalue weighted by molar-refractivity contribution is -0.117. The summed E-state index contributed by atoms with van der Waals surface area (Å²) in [6.45, 7) is 0.455. The van der Waals surface area contributed by atoms with Gasteiger partial charge in [-0.3, -0.25) is 14.9 Å². The molecule has 1 saturated heterocycles. The Kier molecular flexibility index (Phi) is 4.28. The first kappa shape index (κ1) is 17.5. The molecule has 1 aliphatic rings. The number of rotatable bonds is 4. The lowest BCUT2D eigenvalue weighted by atomic mass is 10.1. The first-order valence-electron chi connectivity index (χ1n) is 9.03. The first-order chi connectivity index (χ1) is 14.2. The monoisotopic (exact) mass is 405 g/mol. The number of aromatic nitrogens is 3. The third kappa shape index (κ3) is 3.36. The fourth-order valence-corrected chi connectivity index (χ4v) is 4.16. The highest BCUT2D eigenvalue weighted by Crippen LogP contribution is 2.31.